The first-order chi connectivity index (χ1) is 40.7. The lowest BCUT2D eigenvalue weighted by Crippen LogP contribution is -2.30. The summed E-state index contributed by atoms with van der Waals surface area (Å²) in [6.07, 6.45) is 41.4. The molecule has 0 radical (unpaired) electrons. The van der Waals surface area contributed by atoms with Crippen molar-refractivity contribution in [2.24, 2.45) is 17.8 Å². The van der Waals surface area contributed by atoms with E-state index in [1.165, 1.54) is 83.5 Å². The Morgan fingerprint density at radius 1 is 0.365 bits per heavy atom. The lowest BCUT2D eigenvalue weighted by molar-refractivity contribution is -0.161. The minimum atomic E-state index is -4.96. The first-order valence-corrected chi connectivity index (χ1v) is 36.7. The lowest BCUT2D eigenvalue weighted by Gasteiger charge is -2.21. The number of hydrogen-bond donors (Lipinski definition) is 3. The normalized spacial score (nSPS) is 14.5. The number of rotatable bonds is 62. The van der Waals surface area contributed by atoms with Crippen molar-refractivity contribution in [2.75, 3.05) is 39.6 Å². The van der Waals surface area contributed by atoms with Crippen LogP contribution in [0.1, 0.15) is 299 Å². The van der Waals surface area contributed by atoms with Gasteiger partial charge in [0.1, 0.15) is 19.3 Å². The number of ether oxygens (including phenoxy) is 4. The van der Waals surface area contributed by atoms with Gasteiger partial charge < -0.3 is 33.8 Å². The van der Waals surface area contributed by atoms with E-state index in [1.54, 1.807) is 0 Å². The number of allylic oxidation sites excluding steroid dienone is 4. The van der Waals surface area contributed by atoms with E-state index in [4.69, 9.17) is 37.0 Å². The fraction of sp³-hybridized carbons (Fsp3) is 0.879. The molecule has 0 fully saturated rings. The summed E-state index contributed by atoms with van der Waals surface area (Å²) >= 11 is 0. The van der Waals surface area contributed by atoms with Crippen LogP contribution in [0.3, 0.4) is 0 Å². The number of carbonyl (C=O) groups is 4. The van der Waals surface area contributed by atoms with E-state index >= 15 is 0 Å². The molecule has 0 aliphatic heterocycles. The SMILES string of the molecule is CCCCCC/C=C\C=C/CCCCCCCC(=O)O[C@H](COC(=O)CCCCCCCCCC(C)C)COP(=O)(O)OC[C@@H](O)COP(=O)(O)OC[C@@H](COC(=O)CCCCCCCCC(C)C)OC(=O)CCCCCCCCCCC(C)C. The van der Waals surface area contributed by atoms with Crippen LogP contribution in [-0.2, 0) is 65.4 Å². The number of aliphatic hydroxyl groups excluding tert-OH is 1. The predicted octanol–water partition coefficient (Wildman–Crippen LogP) is 17.8. The third-order valence-corrected chi connectivity index (χ3v) is 16.4. The van der Waals surface area contributed by atoms with Gasteiger partial charge in [-0.3, -0.25) is 37.3 Å². The van der Waals surface area contributed by atoms with E-state index in [0.29, 0.717) is 37.5 Å². The molecule has 0 aliphatic carbocycles. The first-order valence-electron chi connectivity index (χ1n) is 33.7. The van der Waals surface area contributed by atoms with Crippen molar-refractivity contribution in [3.63, 3.8) is 0 Å². The molecule has 0 aromatic carbocycles. The zero-order valence-electron chi connectivity index (χ0n) is 54.5. The first kappa shape index (κ1) is 82.5. The molecule has 0 aromatic heterocycles. The standard InChI is InChI=1S/C66H124O17P2/c1-8-9-10-11-12-13-14-15-16-17-18-19-25-35-42-49-65(70)82-61(53-76-63(68)47-40-33-27-22-24-31-38-45-58(4)5)55-80-84(72,73)78-51-60(67)52-79-85(74,75)81-56-62(54-77-64(69)48-41-34-29-28-32-39-46-59(6)7)83-66(71)50-43-36-26-21-20-23-30-37-44-57(2)3/h13-16,57-62,67H,8-12,17-56H2,1-7H3,(H,72,73)(H,74,75)/b14-13-,16-15-/t60-,61-,62-/m1/s1. The Bertz CT molecular complexity index is 1770. The van der Waals surface area contributed by atoms with E-state index in [-0.39, 0.29) is 25.7 Å². The molecule has 0 aliphatic rings. The molecule has 0 spiro atoms. The van der Waals surface area contributed by atoms with Crippen molar-refractivity contribution >= 4 is 39.5 Å². The number of unbranched alkanes of at least 4 members (excludes halogenated alkanes) is 27. The zero-order chi connectivity index (χ0) is 63.1. The number of phosphoric acid groups is 2. The van der Waals surface area contributed by atoms with Gasteiger partial charge in [0.25, 0.3) is 0 Å². The van der Waals surface area contributed by atoms with E-state index in [9.17, 15) is 43.2 Å². The van der Waals surface area contributed by atoms with E-state index in [2.05, 4.69) is 72.8 Å². The lowest BCUT2D eigenvalue weighted by atomic mass is 10.0. The molecular weight excluding hydrogens is 1130 g/mol. The van der Waals surface area contributed by atoms with Gasteiger partial charge in [-0.2, -0.15) is 0 Å². The molecular formula is C66H124O17P2. The van der Waals surface area contributed by atoms with Gasteiger partial charge >= 0.3 is 39.5 Å². The maximum absolute atomic E-state index is 13.0. The molecule has 3 N–H and O–H groups in total. The Labute approximate surface area is 516 Å². The van der Waals surface area contributed by atoms with Gasteiger partial charge in [0.05, 0.1) is 26.4 Å². The fourth-order valence-electron chi connectivity index (χ4n) is 9.29. The van der Waals surface area contributed by atoms with Crippen LogP contribution in [0.2, 0.25) is 0 Å². The number of esters is 4. The number of phosphoric ester groups is 2. The van der Waals surface area contributed by atoms with Crippen LogP contribution in [0.5, 0.6) is 0 Å². The van der Waals surface area contributed by atoms with Gasteiger partial charge in [-0.1, -0.05) is 246 Å². The minimum absolute atomic E-state index is 0.0835. The smallest absolute Gasteiger partial charge is 0.462 e. The topological polar surface area (TPSA) is 237 Å². The second-order valence-electron chi connectivity index (χ2n) is 24.6. The summed E-state index contributed by atoms with van der Waals surface area (Å²) in [5, 5.41) is 10.5. The molecule has 0 bridgehead atoms. The van der Waals surface area contributed by atoms with Gasteiger partial charge in [0.15, 0.2) is 12.2 Å². The van der Waals surface area contributed by atoms with Crippen molar-refractivity contribution in [1.29, 1.82) is 0 Å². The summed E-state index contributed by atoms with van der Waals surface area (Å²) in [7, 11) is -9.90. The van der Waals surface area contributed by atoms with Crippen LogP contribution < -0.4 is 0 Å². The fourth-order valence-corrected chi connectivity index (χ4v) is 10.9. The number of carbonyl (C=O) groups excluding carboxylic acids is 4. The molecule has 19 heteroatoms. The second kappa shape index (κ2) is 56.8. The zero-order valence-corrected chi connectivity index (χ0v) is 56.3. The number of hydrogen-bond acceptors (Lipinski definition) is 15. The second-order valence-corrected chi connectivity index (χ2v) is 27.5. The highest BCUT2D eigenvalue weighted by Gasteiger charge is 2.30. The van der Waals surface area contributed by atoms with Gasteiger partial charge in [-0.25, -0.2) is 9.13 Å². The average molecular weight is 1250 g/mol. The predicted molar refractivity (Wildman–Crippen MR) is 340 cm³/mol. The Kier molecular flexibility index (Phi) is 55.1. The van der Waals surface area contributed by atoms with E-state index in [1.807, 2.05) is 0 Å². The summed E-state index contributed by atoms with van der Waals surface area (Å²) in [6, 6.07) is 0. The average Bonchev–Trinajstić information content (AvgIpc) is 3.57. The molecule has 0 rings (SSSR count). The van der Waals surface area contributed by atoms with Crippen molar-refractivity contribution in [2.45, 2.75) is 317 Å². The van der Waals surface area contributed by atoms with Gasteiger partial charge in [0, 0.05) is 25.7 Å². The highest BCUT2D eigenvalue weighted by Crippen LogP contribution is 2.45. The molecule has 0 amide bonds. The molecule has 85 heavy (non-hydrogen) atoms. The molecule has 2 unspecified atom stereocenters. The quantitative estimate of drug-likeness (QED) is 0.0169. The number of aliphatic hydroxyl groups is 1. The summed E-state index contributed by atoms with van der Waals surface area (Å²) in [6.45, 7) is 11.6. The van der Waals surface area contributed by atoms with Gasteiger partial charge in [-0.15, -0.1) is 0 Å². The largest absolute Gasteiger partial charge is 0.472 e. The Morgan fingerprint density at radius 2 is 0.635 bits per heavy atom. The molecule has 5 atom stereocenters. The molecule has 500 valence electrons. The van der Waals surface area contributed by atoms with Crippen molar-refractivity contribution < 1.29 is 80.2 Å². The van der Waals surface area contributed by atoms with Crippen molar-refractivity contribution in [3.8, 4) is 0 Å². The van der Waals surface area contributed by atoms with E-state index in [0.717, 1.165) is 121 Å². The highest BCUT2D eigenvalue weighted by atomic mass is 31.2. The minimum Gasteiger partial charge on any atom is -0.462 e. The Balaban J connectivity index is 5.28. The maximum atomic E-state index is 13.0. The summed E-state index contributed by atoms with van der Waals surface area (Å²) in [4.78, 5) is 72.2. The van der Waals surface area contributed by atoms with Gasteiger partial charge in [0.2, 0.25) is 0 Å². The summed E-state index contributed by atoms with van der Waals surface area (Å²) in [5.74, 6) is -0.0719. The van der Waals surface area contributed by atoms with E-state index < -0.39 is 97.5 Å². The molecule has 0 saturated heterocycles. The van der Waals surface area contributed by atoms with Crippen LogP contribution in [0.15, 0.2) is 24.3 Å². The molecule has 0 saturated carbocycles. The van der Waals surface area contributed by atoms with Crippen LogP contribution in [0.4, 0.5) is 0 Å². The van der Waals surface area contributed by atoms with Crippen molar-refractivity contribution in [3.05, 3.63) is 24.3 Å². The Morgan fingerprint density at radius 3 is 0.953 bits per heavy atom. The van der Waals surface area contributed by atoms with Crippen LogP contribution >= 0.6 is 15.6 Å². The monoisotopic (exact) mass is 1250 g/mol. The van der Waals surface area contributed by atoms with Gasteiger partial charge in [-0.05, 0) is 69.1 Å². The summed E-state index contributed by atoms with van der Waals surface area (Å²) in [5.41, 5.74) is 0. The molecule has 17 nitrogen and oxygen atoms in total. The Hall–Kier alpha value is -2.46. The van der Waals surface area contributed by atoms with Crippen LogP contribution in [0, 0.1) is 17.8 Å². The molecule has 0 heterocycles. The molecule has 0 aromatic rings. The van der Waals surface area contributed by atoms with Crippen LogP contribution in [-0.4, -0.2) is 96.7 Å². The van der Waals surface area contributed by atoms with Crippen LogP contribution in [0.25, 0.3) is 0 Å². The third kappa shape index (κ3) is 60.2. The summed E-state index contributed by atoms with van der Waals surface area (Å²) < 4.78 is 68.0. The highest BCUT2D eigenvalue weighted by molar-refractivity contribution is 7.47. The third-order valence-electron chi connectivity index (χ3n) is 14.5. The maximum Gasteiger partial charge on any atom is 0.472 e. The van der Waals surface area contributed by atoms with Crippen molar-refractivity contribution in [1.82, 2.24) is 0 Å².